The summed E-state index contributed by atoms with van der Waals surface area (Å²) >= 11 is 4.73. The highest BCUT2D eigenvalue weighted by Gasteiger charge is 2.15. The number of rotatable bonds is 2. The zero-order chi connectivity index (χ0) is 10.1. The van der Waals surface area contributed by atoms with E-state index < -0.39 is 0 Å². The molecule has 2 rings (SSSR count). The summed E-state index contributed by atoms with van der Waals surface area (Å²) in [6.45, 7) is 0. The fourth-order valence-electron chi connectivity index (χ4n) is 0.933. The van der Waals surface area contributed by atoms with Crippen molar-refractivity contribution < 1.29 is 4.79 Å². The molecule has 0 saturated carbocycles. The van der Waals surface area contributed by atoms with Crippen LogP contribution in [-0.4, -0.2) is 26.0 Å². The third-order valence-corrected chi connectivity index (χ3v) is 3.05. The summed E-state index contributed by atoms with van der Waals surface area (Å²) in [5, 5.41) is 12.8. The molecule has 2 heterocycles. The van der Waals surface area contributed by atoms with Gasteiger partial charge >= 0.3 is 0 Å². The van der Waals surface area contributed by atoms with Gasteiger partial charge in [-0.2, -0.15) is 4.80 Å². The van der Waals surface area contributed by atoms with Crippen LogP contribution >= 0.6 is 27.3 Å². The number of ketones is 1. The molecule has 5 nitrogen and oxygen atoms in total. The standard InChI is InChI=1S/C7H5BrN4OS/c1-12-10-7(9-11-12)6(13)4-2-5(8)14-3-4/h2-3H,1H3. The summed E-state index contributed by atoms with van der Waals surface area (Å²) < 4.78 is 0.907. The summed E-state index contributed by atoms with van der Waals surface area (Å²) in [5.41, 5.74) is 0.579. The molecule has 0 aliphatic rings. The molecule has 0 aliphatic carbocycles. The predicted molar refractivity (Wildman–Crippen MR) is 54.2 cm³/mol. The first-order valence-corrected chi connectivity index (χ1v) is 5.37. The number of hydrogen-bond donors (Lipinski definition) is 0. The summed E-state index contributed by atoms with van der Waals surface area (Å²) in [4.78, 5) is 12.9. The molecule has 0 unspecified atom stereocenters. The van der Waals surface area contributed by atoms with Crippen LogP contribution in [0.5, 0.6) is 0 Å². The van der Waals surface area contributed by atoms with Gasteiger partial charge in [0.15, 0.2) is 0 Å². The average molecular weight is 273 g/mol. The number of carbonyl (C=O) groups is 1. The third kappa shape index (κ3) is 1.73. The average Bonchev–Trinajstić information content (AvgIpc) is 2.73. The van der Waals surface area contributed by atoms with Crippen molar-refractivity contribution >= 4 is 33.0 Å². The molecule has 0 N–H and O–H groups in total. The second-order valence-electron chi connectivity index (χ2n) is 2.57. The van der Waals surface area contributed by atoms with E-state index in [1.54, 1.807) is 18.5 Å². The summed E-state index contributed by atoms with van der Waals surface area (Å²) in [7, 11) is 1.62. The molecule has 2 aromatic rings. The first-order valence-electron chi connectivity index (χ1n) is 3.69. The van der Waals surface area contributed by atoms with Crippen LogP contribution < -0.4 is 0 Å². The number of halogens is 1. The van der Waals surface area contributed by atoms with Gasteiger partial charge in [-0.3, -0.25) is 4.79 Å². The number of aromatic nitrogens is 4. The molecular weight excluding hydrogens is 268 g/mol. The lowest BCUT2D eigenvalue weighted by atomic mass is 10.2. The van der Waals surface area contributed by atoms with Crippen LogP contribution in [0.3, 0.4) is 0 Å². The minimum atomic E-state index is -0.208. The quantitative estimate of drug-likeness (QED) is 0.773. The summed E-state index contributed by atoms with van der Waals surface area (Å²) in [6.07, 6.45) is 0. The van der Waals surface area contributed by atoms with Gasteiger partial charge in [-0.1, -0.05) is 0 Å². The second-order valence-corrected chi connectivity index (χ2v) is 4.86. The number of carbonyl (C=O) groups excluding carboxylic acids is 1. The Balaban J connectivity index is 2.33. The molecule has 0 aromatic carbocycles. The minimum Gasteiger partial charge on any atom is -0.285 e. The van der Waals surface area contributed by atoms with Gasteiger partial charge in [0.05, 0.1) is 10.8 Å². The van der Waals surface area contributed by atoms with Gasteiger partial charge in [0, 0.05) is 10.9 Å². The molecule has 0 amide bonds. The highest BCUT2D eigenvalue weighted by molar-refractivity contribution is 9.11. The highest BCUT2D eigenvalue weighted by atomic mass is 79.9. The van der Waals surface area contributed by atoms with E-state index in [-0.39, 0.29) is 11.6 Å². The van der Waals surface area contributed by atoms with E-state index in [4.69, 9.17) is 0 Å². The molecule has 0 spiro atoms. The van der Waals surface area contributed by atoms with Crippen LogP contribution in [0, 0.1) is 0 Å². The van der Waals surface area contributed by atoms with Gasteiger partial charge in [-0.15, -0.1) is 21.5 Å². The first kappa shape index (κ1) is 9.47. The molecule has 2 aromatic heterocycles. The van der Waals surface area contributed by atoms with E-state index >= 15 is 0 Å². The maximum atomic E-state index is 11.7. The Hall–Kier alpha value is -1.08. The van der Waals surface area contributed by atoms with Crippen molar-refractivity contribution in [2.24, 2.45) is 7.05 Å². The molecule has 0 radical (unpaired) electrons. The van der Waals surface area contributed by atoms with Crippen molar-refractivity contribution in [1.29, 1.82) is 0 Å². The second kappa shape index (κ2) is 3.58. The van der Waals surface area contributed by atoms with Crippen molar-refractivity contribution in [3.8, 4) is 0 Å². The lowest BCUT2D eigenvalue weighted by Crippen LogP contribution is -2.03. The SMILES string of the molecule is Cn1nnc(C(=O)c2csc(Br)c2)n1. The van der Waals surface area contributed by atoms with Crippen LogP contribution in [0.25, 0.3) is 0 Å². The fourth-order valence-corrected chi connectivity index (χ4v) is 2.07. The Labute approximate surface area is 91.9 Å². The van der Waals surface area contributed by atoms with Crippen LogP contribution in [0.4, 0.5) is 0 Å². The third-order valence-electron chi connectivity index (χ3n) is 1.54. The van der Waals surface area contributed by atoms with Crippen LogP contribution in [0.2, 0.25) is 0 Å². The number of tetrazole rings is 1. The number of aryl methyl sites for hydroxylation is 1. The lowest BCUT2D eigenvalue weighted by molar-refractivity contribution is 0.102. The first-order chi connectivity index (χ1) is 6.66. The van der Waals surface area contributed by atoms with Crippen molar-refractivity contribution in [3.63, 3.8) is 0 Å². The number of nitrogens with zero attached hydrogens (tertiary/aromatic N) is 4. The molecule has 0 saturated heterocycles. The van der Waals surface area contributed by atoms with Crippen molar-refractivity contribution in [1.82, 2.24) is 20.2 Å². The van der Waals surface area contributed by atoms with Gasteiger partial charge in [-0.05, 0) is 27.2 Å². The topological polar surface area (TPSA) is 60.7 Å². The van der Waals surface area contributed by atoms with Crippen molar-refractivity contribution in [3.05, 3.63) is 26.6 Å². The normalized spacial score (nSPS) is 10.4. The molecule has 0 fully saturated rings. The Morgan fingerprint density at radius 2 is 2.43 bits per heavy atom. The number of thiophene rings is 1. The monoisotopic (exact) mass is 272 g/mol. The fraction of sp³-hybridized carbons (Fsp3) is 0.143. The predicted octanol–water partition coefficient (Wildman–Crippen LogP) is 1.27. The zero-order valence-corrected chi connectivity index (χ0v) is 9.54. The van der Waals surface area contributed by atoms with Gasteiger partial charge in [-0.25, -0.2) is 0 Å². The Bertz CT molecular complexity index is 435. The van der Waals surface area contributed by atoms with E-state index in [2.05, 4.69) is 31.3 Å². The number of hydrogen-bond acceptors (Lipinski definition) is 5. The smallest absolute Gasteiger partial charge is 0.245 e. The van der Waals surface area contributed by atoms with Crippen LogP contribution in [0.15, 0.2) is 15.2 Å². The van der Waals surface area contributed by atoms with Gasteiger partial charge in [0.2, 0.25) is 11.6 Å². The lowest BCUT2D eigenvalue weighted by Gasteiger charge is -1.87. The maximum absolute atomic E-state index is 11.7. The molecule has 0 aliphatic heterocycles. The molecular formula is C7H5BrN4OS. The Morgan fingerprint density at radius 1 is 1.64 bits per heavy atom. The van der Waals surface area contributed by atoms with Crippen LogP contribution in [0.1, 0.15) is 16.2 Å². The zero-order valence-electron chi connectivity index (χ0n) is 7.14. The van der Waals surface area contributed by atoms with Gasteiger partial charge < -0.3 is 0 Å². The van der Waals surface area contributed by atoms with Crippen LogP contribution in [-0.2, 0) is 7.05 Å². The van der Waals surface area contributed by atoms with E-state index in [1.165, 1.54) is 16.1 Å². The van der Waals surface area contributed by atoms with E-state index in [1.807, 2.05) is 0 Å². The van der Waals surface area contributed by atoms with Crippen molar-refractivity contribution in [2.75, 3.05) is 0 Å². The Morgan fingerprint density at radius 3 is 2.93 bits per heavy atom. The molecule has 0 atom stereocenters. The van der Waals surface area contributed by atoms with Gasteiger partial charge in [0.1, 0.15) is 0 Å². The maximum Gasteiger partial charge on any atom is 0.245 e. The minimum absolute atomic E-state index is 0.123. The molecule has 14 heavy (non-hydrogen) atoms. The Kier molecular flexibility index (Phi) is 2.42. The van der Waals surface area contributed by atoms with E-state index in [0.717, 1.165) is 3.79 Å². The van der Waals surface area contributed by atoms with Crippen molar-refractivity contribution in [2.45, 2.75) is 0 Å². The van der Waals surface area contributed by atoms with Gasteiger partial charge in [0.25, 0.3) is 0 Å². The van der Waals surface area contributed by atoms with E-state index in [0.29, 0.717) is 5.56 Å². The largest absolute Gasteiger partial charge is 0.285 e. The molecule has 72 valence electrons. The summed E-state index contributed by atoms with van der Waals surface area (Å²) in [6, 6.07) is 1.74. The highest BCUT2D eigenvalue weighted by Crippen LogP contribution is 2.21. The van der Waals surface area contributed by atoms with E-state index in [9.17, 15) is 4.79 Å². The summed E-state index contributed by atoms with van der Waals surface area (Å²) in [5.74, 6) is -0.0853. The molecule has 7 heteroatoms. The molecule has 0 bridgehead atoms.